The van der Waals surface area contributed by atoms with Gasteiger partial charge in [0.15, 0.2) is 0 Å². The Labute approximate surface area is 212 Å². The lowest BCUT2D eigenvalue weighted by molar-refractivity contribution is -0.128. The Hall–Kier alpha value is -4.57. The lowest BCUT2D eigenvalue weighted by atomic mass is 10.0. The van der Waals surface area contributed by atoms with Crippen molar-refractivity contribution in [3.63, 3.8) is 0 Å². The maximum Gasteiger partial charge on any atom is 0.336 e. The van der Waals surface area contributed by atoms with Gasteiger partial charge in [-0.2, -0.15) is 0 Å². The molecule has 4 heteroatoms. The predicted octanol–water partition coefficient (Wildman–Crippen LogP) is 7.08. The van der Waals surface area contributed by atoms with Crippen LogP contribution in [-0.4, -0.2) is 20.2 Å². The largest absolute Gasteiger partial charge is 0.497 e. The quantitative estimate of drug-likeness (QED) is 0.112. The van der Waals surface area contributed by atoms with Gasteiger partial charge in [-0.15, -0.1) is 0 Å². The van der Waals surface area contributed by atoms with Gasteiger partial charge in [0.1, 0.15) is 17.2 Å². The molecule has 4 aromatic rings. The average Bonchev–Trinajstić information content (AvgIpc) is 2.92. The van der Waals surface area contributed by atoms with Crippen molar-refractivity contribution in [1.82, 2.24) is 0 Å². The molecule has 0 aliphatic rings. The summed E-state index contributed by atoms with van der Waals surface area (Å²) in [7, 11) is 3.20. The van der Waals surface area contributed by atoms with Crippen LogP contribution in [0, 0.1) is 0 Å². The molecule has 0 saturated carbocycles. The standard InChI is InChI=1S/C32H28O4/c1-34-28-22-26(18-17-24-11-5-3-6-12-24)29(31(23-28)35-2)19-20-32(33)36-30-16-10-9-15-27(30)21-25-13-7-4-8-14-25/h3-20,22-23H,21H2,1-2H3/b18-17+,20-19+. The summed E-state index contributed by atoms with van der Waals surface area (Å²) in [5.41, 5.74) is 4.75. The molecule has 4 aromatic carbocycles. The summed E-state index contributed by atoms with van der Waals surface area (Å²) in [5, 5.41) is 0. The summed E-state index contributed by atoms with van der Waals surface area (Å²) in [6, 6.07) is 31.4. The number of para-hydroxylation sites is 1. The molecule has 36 heavy (non-hydrogen) atoms. The molecular formula is C32H28O4. The Kier molecular flexibility index (Phi) is 8.34. The van der Waals surface area contributed by atoms with Crippen LogP contribution in [0.3, 0.4) is 0 Å². The number of rotatable bonds is 9. The third kappa shape index (κ3) is 6.51. The van der Waals surface area contributed by atoms with Gasteiger partial charge in [-0.25, -0.2) is 4.79 Å². The summed E-state index contributed by atoms with van der Waals surface area (Å²) in [4.78, 5) is 12.8. The fraction of sp³-hybridized carbons (Fsp3) is 0.0938. The van der Waals surface area contributed by atoms with Crippen LogP contribution in [0.2, 0.25) is 0 Å². The van der Waals surface area contributed by atoms with Crippen molar-refractivity contribution in [3.05, 3.63) is 131 Å². The minimum atomic E-state index is -0.466. The van der Waals surface area contributed by atoms with E-state index in [1.807, 2.05) is 91.0 Å². The van der Waals surface area contributed by atoms with Crippen molar-refractivity contribution >= 4 is 24.2 Å². The van der Waals surface area contributed by atoms with Crippen molar-refractivity contribution in [2.75, 3.05) is 14.2 Å². The number of hydrogen-bond acceptors (Lipinski definition) is 4. The Morgan fingerprint density at radius 1 is 0.722 bits per heavy atom. The molecule has 0 aliphatic carbocycles. The number of carbonyl (C=O) groups excluding carboxylic acids is 1. The van der Waals surface area contributed by atoms with E-state index in [-0.39, 0.29) is 0 Å². The van der Waals surface area contributed by atoms with Gasteiger partial charge in [0.05, 0.1) is 14.2 Å². The minimum absolute atomic E-state index is 0.466. The van der Waals surface area contributed by atoms with Gasteiger partial charge in [-0.05, 0) is 40.5 Å². The smallest absolute Gasteiger partial charge is 0.336 e. The van der Waals surface area contributed by atoms with Gasteiger partial charge in [0.2, 0.25) is 0 Å². The number of benzene rings is 4. The van der Waals surface area contributed by atoms with Gasteiger partial charge in [0, 0.05) is 24.1 Å². The number of methoxy groups -OCH3 is 2. The summed E-state index contributed by atoms with van der Waals surface area (Å²) >= 11 is 0. The van der Waals surface area contributed by atoms with Crippen molar-refractivity contribution in [3.8, 4) is 17.2 Å². The fourth-order valence-corrected chi connectivity index (χ4v) is 3.83. The van der Waals surface area contributed by atoms with Crippen molar-refractivity contribution in [2.24, 2.45) is 0 Å². The second kappa shape index (κ2) is 12.2. The lowest BCUT2D eigenvalue weighted by Crippen LogP contribution is -2.06. The number of ether oxygens (including phenoxy) is 3. The zero-order valence-electron chi connectivity index (χ0n) is 20.4. The first-order valence-corrected chi connectivity index (χ1v) is 11.7. The van der Waals surface area contributed by atoms with E-state index in [1.54, 1.807) is 26.4 Å². The Morgan fingerprint density at radius 3 is 2.14 bits per heavy atom. The number of hydrogen-bond donors (Lipinski definition) is 0. The van der Waals surface area contributed by atoms with Crippen molar-refractivity contribution in [2.45, 2.75) is 6.42 Å². The van der Waals surface area contributed by atoms with Gasteiger partial charge < -0.3 is 14.2 Å². The molecule has 0 heterocycles. The number of esters is 1. The summed E-state index contributed by atoms with van der Waals surface area (Å²) < 4.78 is 16.8. The van der Waals surface area contributed by atoms with Crippen LogP contribution in [-0.2, 0) is 11.2 Å². The second-order valence-electron chi connectivity index (χ2n) is 8.10. The van der Waals surface area contributed by atoms with Crippen LogP contribution >= 0.6 is 0 Å². The zero-order valence-corrected chi connectivity index (χ0v) is 20.4. The molecule has 0 saturated heterocycles. The van der Waals surface area contributed by atoms with Crippen LogP contribution < -0.4 is 14.2 Å². The molecule has 0 aliphatic heterocycles. The molecule has 0 unspecified atom stereocenters. The van der Waals surface area contributed by atoms with E-state index in [0.29, 0.717) is 23.7 Å². The highest BCUT2D eigenvalue weighted by Crippen LogP contribution is 2.31. The molecular weight excluding hydrogens is 448 g/mol. The van der Waals surface area contributed by atoms with Crippen molar-refractivity contribution in [1.29, 1.82) is 0 Å². The van der Waals surface area contributed by atoms with E-state index in [2.05, 4.69) is 12.1 Å². The molecule has 0 aromatic heterocycles. The monoisotopic (exact) mass is 476 g/mol. The molecule has 4 nitrogen and oxygen atoms in total. The third-order valence-electron chi connectivity index (χ3n) is 5.66. The molecule has 0 atom stereocenters. The van der Waals surface area contributed by atoms with Gasteiger partial charge in [0.25, 0.3) is 0 Å². The van der Waals surface area contributed by atoms with E-state index in [1.165, 1.54) is 6.08 Å². The SMILES string of the molecule is COc1cc(/C=C/c2ccccc2)c(/C=C/C(=O)Oc2ccccc2Cc2ccccc2)c(OC)c1. The number of carbonyl (C=O) groups is 1. The minimum Gasteiger partial charge on any atom is -0.497 e. The van der Waals surface area contributed by atoms with E-state index >= 15 is 0 Å². The molecule has 180 valence electrons. The first-order chi connectivity index (χ1) is 17.7. The predicted molar refractivity (Wildman–Crippen MR) is 145 cm³/mol. The summed E-state index contributed by atoms with van der Waals surface area (Å²) in [6.07, 6.45) is 7.79. The van der Waals surface area contributed by atoms with Crippen LogP contribution in [0.15, 0.2) is 103 Å². The Morgan fingerprint density at radius 2 is 1.42 bits per heavy atom. The molecule has 0 spiro atoms. The molecule has 0 radical (unpaired) electrons. The van der Waals surface area contributed by atoms with E-state index < -0.39 is 5.97 Å². The molecule has 4 rings (SSSR count). The Balaban J connectivity index is 1.58. The highest BCUT2D eigenvalue weighted by molar-refractivity contribution is 5.91. The van der Waals surface area contributed by atoms with E-state index in [4.69, 9.17) is 14.2 Å². The summed E-state index contributed by atoms with van der Waals surface area (Å²) in [5.74, 6) is 1.33. The highest BCUT2D eigenvalue weighted by atomic mass is 16.5. The van der Waals surface area contributed by atoms with E-state index in [0.717, 1.165) is 27.8 Å². The van der Waals surface area contributed by atoms with Crippen LogP contribution in [0.4, 0.5) is 0 Å². The first-order valence-electron chi connectivity index (χ1n) is 11.7. The van der Waals surface area contributed by atoms with Crippen LogP contribution in [0.5, 0.6) is 17.2 Å². The van der Waals surface area contributed by atoms with Crippen LogP contribution in [0.1, 0.15) is 27.8 Å². The van der Waals surface area contributed by atoms with Gasteiger partial charge in [-0.1, -0.05) is 91.0 Å². The second-order valence-corrected chi connectivity index (χ2v) is 8.10. The topological polar surface area (TPSA) is 44.8 Å². The third-order valence-corrected chi connectivity index (χ3v) is 5.66. The summed E-state index contributed by atoms with van der Waals surface area (Å²) in [6.45, 7) is 0. The van der Waals surface area contributed by atoms with Crippen molar-refractivity contribution < 1.29 is 19.0 Å². The van der Waals surface area contributed by atoms with Gasteiger partial charge >= 0.3 is 5.97 Å². The zero-order chi connectivity index (χ0) is 25.2. The van der Waals surface area contributed by atoms with E-state index in [9.17, 15) is 4.79 Å². The highest BCUT2D eigenvalue weighted by Gasteiger charge is 2.11. The Bertz CT molecular complexity index is 1360. The first kappa shape index (κ1) is 24.6. The fourth-order valence-electron chi connectivity index (χ4n) is 3.83. The maximum absolute atomic E-state index is 12.8. The molecule has 0 bridgehead atoms. The van der Waals surface area contributed by atoms with Gasteiger partial charge in [-0.3, -0.25) is 0 Å². The van der Waals surface area contributed by atoms with Crippen LogP contribution in [0.25, 0.3) is 18.2 Å². The maximum atomic E-state index is 12.8. The molecule has 0 fully saturated rings. The normalized spacial score (nSPS) is 11.1. The lowest BCUT2D eigenvalue weighted by Gasteiger charge is -2.12. The molecule has 0 amide bonds. The molecule has 0 N–H and O–H groups in total. The average molecular weight is 477 g/mol.